The molecule has 8 unspecified atom stereocenters. The van der Waals surface area contributed by atoms with Gasteiger partial charge in [-0.15, -0.1) is 0 Å². The van der Waals surface area contributed by atoms with E-state index < -0.39 is 0 Å². The monoisotopic (exact) mass is 248 g/mol. The minimum absolute atomic E-state index is 0.0418. The highest BCUT2D eigenvalue weighted by Crippen LogP contribution is 2.66. The maximum Gasteiger partial charge on any atom is 0.154 e. The maximum atomic E-state index is 5.82. The van der Waals surface area contributed by atoms with Crippen LogP contribution in [-0.2, 0) is 9.47 Å². The molecule has 0 heterocycles. The van der Waals surface area contributed by atoms with Crippen LogP contribution in [0.25, 0.3) is 0 Å². The van der Waals surface area contributed by atoms with Crippen LogP contribution >= 0.6 is 0 Å². The molecule has 3 fully saturated rings. The Morgan fingerprint density at radius 2 is 1.89 bits per heavy atom. The van der Waals surface area contributed by atoms with Gasteiger partial charge >= 0.3 is 0 Å². The molecule has 3 saturated carbocycles. The van der Waals surface area contributed by atoms with E-state index in [9.17, 15) is 0 Å². The highest BCUT2D eigenvalue weighted by Gasteiger charge is 2.60. The van der Waals surface area contributed by atoms with Crippen LogP contribution < -0.4 is 0 Å². The second kappa shape index (κ2) is 4.08. The molecule has 18 heavy (non-hydrogen) atoms. The summed E-state index contributed by atoms with van der Waals surface area (Å²) in [6.45, 7) is 2.91. The van der Waals surface area contributed by atoms with Crippen LogP contribution in [-0.4, -0.2) is 20.0 Å². The molecular weight excluding hydrogens is 224 g/mol. The third-order valence-corrected chi connectivity index (χ3v) is 6.28. The van der Waals surface area contributed by atoms with Crippen molar-refractivity contribution in [1.82, 2.24) is 0 Å². The van der Waals surface area contributed by atoms with Crippen molar-refractivity contribution in [3.05, 3.63) is 12.2 Å². The zero-order valence-electron chi connectivity index (χ0n) is 11.4. The summed E-state index contributed by atoms with van der Waals surface area (Å²) in [6.07, 6.45) is 9.36. The molecule has 4 rings (SSSR count). The second-order valence-corrected chi connectivity index (χ2v) is 6.90. The molecule has 0 aromatic carbocycles. The molecule has 4 bridgehead atoms. The Bertz CT molecular complexity index is 364. The largest absolute Gasteiger partial charge is 0.356 e. The van der Waals surface area contributed by atoms with Crippen molar-refractivity contribution in [2.45, 2.75) is 32.5 Å². The molecule has 0 saturated heterocycles. The molecule has 4 aliphatic carbocycles. The van der Waals surface area contributed by atoms with Crippen molar-refractivity contribution in [3.8, 4) is 0 Å². The molecular formula is C16H24O2. The van der Waals surface area contributed by atoms with Crippen LogP contribution in [0, 0.1) is 41.4 Å². The van der Waals surface area contributed by atoms with Gasteiger partial charge in [-0.3, -0.25) is 0 Å². The van der Waals surface area contributed by atoms with Gasteiger partial charge in [-0.1, -0.05) is 12.2 Å². The van der Waals surface area contributed by atoms with E-state index in [4.69, 9.17) is 9.47 Å². The van der Waals surface area contributed by atoms with Crippen molar-refractivity contribution in [2.75, 3.05) is 13.7 Å². The summed E-state index contributed by atoms with van der Waals surface area (Å²) in [4.78, 5) is 0. The highest BCUT2D eigenvalue weighted by atomic mass is 16.7. The summed E-state index contributed by atoms with van der Waals surface area (Å²) in [6, 6.07) is 0. The van der Waals surface area contributed by atoms with E-state index in [-0.39, 0.29) is 6.29 Å². The second-order valence-electron chi connectivity index (χ2n) is 6.90. The van der Waals surface area contributed by atoms with Gasteiger partial charge in [0.1, 0.15) is 0 Å². The average Bonchev–Trinajstić information content (AvgIpc) is 3.11. The fraction of sp³-hybridized carbons (Fsp3) is 0.875. The summed E-state index contributed by atoms with van der Waals surface area (Å²) in [5.74, 6) is 6.66. The quantitative estimate of drug-likeness (QED) is 0.432. The Hall–Kier alpha value is -0.340. The van der Waals surface area contributed by atoms with E-state index in [2.05, 4.69) is 12.2 Å². The summed E-state index contributed by atoms with van der Waals surface area (Å²) in [7, 11) is 1.72. The molecule has 0 radical (unpaired) electrons. The summed E-state index contributed by atoms with van der Waals surface area (Å²) in [5.41, 5.74) is 0. The Balaban J connectivity index is 1.44. The molecule has 2 nitrogen and oxygen atoms in total. The van der Waals surface area contributed by atoms with Crippen LogP contribution in [0.15, 0.2) is 12.2 Å². The van der Waals surface area contributed by atoms with E-state index in [1.807, 2.05) is 6.92 Å². The molecule has 0 aromatic rings. The van der Waals surface area contributed by atoms with E-state index in [1.165, 1.54) is 19.3 Å². The Morgan fingerprint density at radius 3 is 2.67 bits per heavy atom. The number of hydrogen-bond acceptors (Lipinski definition) is 2. The summed E-state index contributed by atoms with van der Waals surface area (Å²) in [5, 5.41) is 0. The third-order valence-electron chi connectivity index (χ3n) is 6.28. The van der Waals surface area contributed by atoms with Crippen LogP contribution in [0.3, 0.4) is 0 Å². The van der Waals surface area contributed by atoms with Crippen LogP contribution in [0.2, 0.25) is 0 Å². The maximum absolute atomic E-state index is 5.82. The minimum atomic E-state index is -0.0418. The molecule has 100 valence electrons. The number of hydrogen-bond donors (Lipinski definition) is 0. The zero-order valence-corrected chi connectivity index (χ0v) is 11.4. The first-order chi connectivity index (χ1) is 8.78. The van der Waals surface area contributed by atoms with E-state index >= 15 is 0 Å². The minimum Gasteiger partial charge on any atom is -0.356 e. The van der Waals surface area contributed by atoms with Crippen molar-refractivity contribution >= 4 is 0 Å². The molecule has 0 aliphatic heterocycles. The van der Waals surface area contributed by atoms with Crippen LogP contribution in [0.4, 0.5) is 0 Å². The number of allylic oxidation sites excluding steroid dienone is 2. The molecule has 0 spiro atoms. The van der Waals surface area contributed by atoms with Crippen LogP contribution in [0.1, 0.15) is 26.2 Å². The van der Waals surface area contributed by atoms with Gasteiger partial charge in [0.15, 0.2) is 6.29 Å². The third kappa shape index (κ3) is 1.48. The summed E-state index contributed by atoms with van der Waals surface area (Å²) < 4.78 is 11.0. The first-order valence-corrected chi connectivity index (χ1v) is 7.60. The number of fused-ring (bicyclic) bond motifs is 9. The lowest BCUT2D eigenvalue weighted by Crippen LogP contribution is -2.33. The molecule has 8 atom stereocenters. The topological polar surface area (TPSA) is 18.5 Å². The van der Waals surface area contributed by atoms with Gasteiger partial charge in [-0.05, 0) is 67.6 Å². The van der Waals surface area contributed by atoms with Crippen molar-refractivity contribution in [1.29, 1.82) is 0 Å². The number of ether oxygens (including phenoxy) is 2. The normalized spacial score (nSPS) is 53.1. The zero-order chi connectivity index (χ0) is 12.3. The van der Waals surface area contributed by atoms with E-state index in [0.29, 0.717) is 0 Å². The molecule has 0 aromatic heterocycles. The molecule has 4 aliphatic rings. The van der Waals surface area contributed by atoms with Crippen molar-refractivity contribution in [2.24, 2.45) is 41.4 Å². The van der Waals surface area contributed by atoms with Gasteiger partial charge in [-0.25, -0.2) is 0 Å². The lowest BCUT2D eigenvalue weighted by molar-refractivity contribution is -0.126. The van der Waals surface area contributed by atoms with Gasteiger partial charge in [0.25, 0.3) is 0 Å². The Morgan fingerprint density at radius 1 is 1.11 bits per heavy atom. The first-order valence-electron chi connectivity index (χ1n) is 7.60. The fourth-order valence-corrected chi connectivity index (χ4v) is 5.67. The van der Waals surface area contributed by atoms with Gasteiger partial charge in [-0.2, -0.15) is 0 Å². The van der Waals surface area contributed by atoms with Crippen molar-refractivity contribution in [3.63, 3.8) is 0 Å². The fourth-order valence-electron chi connectivity index (χ4n) is 5.67. The smallest absolute Gasteiger partial charge is 0.154 e. The van der Waals surface area contributed by atoms with Gasteiger partial charge < -0.3 is 9.47 Å². The van der Waals surface area contributed by atoms with Gasteiger partial charge in [0.2, 0.25) is 0 Å². The van der Waals surface area contributed by atoms with E-state index in [1.54, 1.807) is 7.11 Å². The Kier molecular flexibility index (Phi) is 2.60. The van der Waals surface area contributed by atoms with Gasteiger partial charge in [0, 0.05) is 7.11 Å². The predicted octanol–water partition coefficient (Wildman–Crippen LogP) is 3.09. The number of rotatable bonds is 4. The highest BCUT2D eigenvalue weighted by molar-refractivity contribution is 5.20. The standard InChI is InChI=1S/C16H24O2/c1-9(17-2)18-8-13-6-12-7-14(13)16-11-4-3-10(5-11)15(12)16/h3-4,9-16H,5-8H2,1-2H3. The van der Waals surface area contributed by atoms with E-state index in [0.717, 1.165) is 48.0 Å². The predicted molar refractivity (Wildman–Crippen MR) is 69.8 cm³/mol. The average molecular weight is 248 g/mol. The van der Waals surface area contributed by atoms with Crippen molar-refractivity contribution < 1.29 is 9.47 Å². The lowest BCUT2D eigenvalue weighted by Gasteiger charge is -2.36. The molecule has 2 heteroatoms. The number of methoxy groups -OCH3 is 1. The van der Waals surface area contributed by atoms with Gasteiger partial charge in [0.05, 0.1) is 6.61 Å². The van der Waals surface area contributed by atoms with Crippen LogP contribution in [0.5, 0.6) is 0 Å². The molecule has 0 amide bonds. The summed E-state index contributed by atoms with van der Waals surface area (Å²) >= 11 is 0. The SMILES string of the molecule is COC(C)OCC1CC2CC1C1C3C=CC(C3)C21. The lowest BCUT2D eigenvalue weighted by atomic mass is 9.69. The first kappa shape index (κ1) is 11.5. The molecule has 0 N–H and O–H groups in total. The Labute approximate surface area is 110 Å².